The predicted molar refractivity (Wildman–Crippen MR) is 81.9 cm³/mol. The van der Waals surface area contributed by atoms with Crippen molar-refractivity contribution in [1.82, 2.24) is 4.90 Å². The molecule has 1 aromatic rings. The van der Waals surface area contributed by atoms with E-state index < -0.39 is 6.67 Å². The first-order valence-corrected chi connectivity index (χ1v) is 6.81. The Kier molecular flexibility index (Phi) is 6.71. The van der Waals surface area contributed by atoms with Crippen LogP contribution in [0.5, 0.6) is 0 Å². The summed E-state index contributed by atoms with van der Waals surface area (Å²) in [6.45, 7) is 5.81. The molecule has 1 unspecified atom stereocenters. The lowest BCUT2D eigenvalue weighted by molar-refractivity contribution is -0.125. The van der Waals surface area contributed by atoms with Crippen molar-refractivity contribution in [3.63, 3.8) is 0 Å². The molecule has 3 heteroatoms. The van der Waals surface area contributed by atoms with Gasteiger partial charge < -0.3 is 4.90 Å². The molecule has 0 aliphatic carbocycles. The highest BCUT2D eigenvalue weighted by atomic mass is 19.1. The maximum Gasteiger partial charge on any atom is 0.245 e. The Hall–Kier alpha value is -1.90. The highest BCUT2D eigenvalue weighted by molar-refractivity contribution is 5.86. The van der Waals surface area contributed by atoms with Crippen molar-refractivity contribution in [2.24, 2.45) is 5.92 Å². The zero-order valence-corrected chi connectivity index (χ0v) is 12.2. The van der Waals surface area contributed by atoms with Crippen LogP contribution in [0.1, 0.15) is 24.5 Å². The number of hydrogen-bond acceptors (Lipinski definition) is 1. The maximum absolute atomic E-state index is 12.4. The Labute approximate surface area is 120 Å². The number of carbonyl (C=O) groups excluding carboxylic acids is 1. The van der Waals surface area contributed by atoms with E-state index in [1.165, 1.54) is 6.08 Å². The molecule has 1 rings (SSSR count). The van der Waals surface area contributed by atoms with Crippen molar-refractivity contribution in [2.75, 3.05) is 13.6 Å². The van der Waals surface area contributed by atoms with Crippen LogP contribution in [0.4, 0.5) is 4.39 Å². The van der Waals surface area contributed by atoms with Gasteiger partial charge in [-0.3, -0.25) is 4.79 Å². The van der Waals surface area contributed by atoms with Crippen molar-refractivity contribution in [3.05, 3.63) is 54.1 Å². The van der Waals surface area contributed by atoms with E-state index >= 15 is 0 Å². The van der Waals surface area contributed by atoms with Gasteiger partial charge in [0, 0.05) is 13.6 Å². The fraction of sp³-hybridized carbons (Fsp3) is 0.353. The smallest absolute Gasteiger partial charge is 0.245 e. The molecule has 1 aromatic carbocycles. The van der Waals surface area contributed by atoms with Gasteiger partial charge >= 0.3 is 0 Å². The van der Waals surface area contributed by atoms with Crippen LogP contribution in [0.2, 0.25) is 0 Å². The third-order valence-corrected chi connectivity index (χ3v) is 3.28. The lowest BCUT2D eigenvalue weighted by atomic mass is 10.0. The number of benzene rings is 1. The summed E-state index contributed by atoms with van der Waals surface area (Å²) in [5.41, 5.74) is 1.73. The van der Waals surface area contributed by atoms with Crippen LogP contribution in [0.15, 0.2) is 43.0 Å². The zero-order valence-electron chi connectivity index (χ0n) is 12.2. The molecule has 20 heavy (non-hydrogen) atoms. The number of halogens is 1. The third-order valence-electron chi connectivity index (χ3n) is 3.28. The first-order valence-electron chi connectivity index (χ1n) is 6.81. The normalized spacial score (nSPS) is 12.3. The molecule has 0 fully saturated rings. The van der Waals surface area contributed by atoms with Gasteiger partial charge in [-0.2, -0.15) is 0 Å². The quantitative estimate of drug-likeness (QED) is 0.692. The van der Waals surface area contributed by atoms with Crippen LogP contribution in [0.3, 0.4) is 0 Å². The summed E-state index contributed by atoms with van der Waals surface area (Å²) in [7, 11) is 1.77. The second-order valence-electron chi connectivity index (χ2n) is 4.83. The van der Waals surface area contributed by atoms with Crippen LogP contribution < -0.4 is 0 Å². The fourth-order valence-electron chi connectivity index (χ4n) is 1.89. The first kappa shape index (κ1) is 16.2. The number of hydrogen-bond donors (Lipinski definition) is 0. The topological polar surface area (TPSA) is 20.3 Å². The van der Waals surface area contributed by atoms with Gasteiger partial charge in [-0.05, 0) is 29.5 Å². The summed E-state index contributed by atoms with van der Waals surface area (Å²) in [4.78, 5) is 13.1. The van der Waals surface area contributed by atoms with Crippen LogP contribution >= 0.6 is 0 Å². The average molecular weight is 275 g/mol. The maximum atomic E-state index is 12.4. The Morgan fingerprint density at radius 3 is 2.55 bits per heavy atom. The highest BCUT2D eigenvalue weighted by Crippen LogP contribution is 2.12. The van der Waals surface area contributed by atoms with E-state index in [-0.39, 0.29) is 5.91 Å². The van der Waals surface area contributed by atoms with Crippen molar-refractivity contribution < 1.29 is 9.18 Å². The Morgan fingerprint density at radius 2 is 2.05 bits per heavy atom. The van der Waals surface area contributed by atoms with Crippen LogP contribution in [0, 0.1) is 5.92 Å². The van der Waals surface area contributed by atoms with Crippen LogP contribution in [-0.4, -0.2) is 24.4 Å². The SMILES string of the molecule is C=CC(=O)N(C)CC(/C=C/c1ccc(CF)cc1)CC. The van der Waals surface area contributed by atoms with Crippen LogP contribution in [-0.2, 0) is 11.5 Å². The van der Waals surface area contributed by atoms with E-state index in [1.807, 2.05) is 18.2 Å². The highest BCUT2D eigenvalue weighted by Gasteiger charge is 2.09. The van der Waals surface area contributed by atoms with Gasteiger partial charge in [0.15, 0.2) is 0 Å². The van der Waals surface area contributed by atoms with E-state index in [4.69, 9.17) is 0 Å². The van der Waals surface area contributed by atoms with Gasteiger partial charge in [0.1, 0.15) is 6.67 Å². The van der Waals surface area contributed by atoms with Gasteiger partial charge in [0.05, 0.1) is 0 Å². The molecule has 0 N–H and O–H groups in total. The number of rotatable bonds is 7. The van der Waals surface area contributed by atoms with Crippen molar-refractivity contribution >= 4 is 12.0 Å². The molecule has 0 heterocycles. The van der Waals surface area contributed by atoms with E-state index in [0.717, 1.165) is 12.0 Å². The minimum Gasteiger partial charge on any atom is -0.342 e. The summed E-state index contributed by atoms with van der Waals surface area (Å²) in [6, 6.07) is 7.37. The summed E-state index contributed by atoms with van der Waals surface area (Å²) in [5, 5.41) is 0. The monoisotopic (exact) mass is 275 g/mol. The van der Waals surface area contributed by atoms with E-state index in [1.54, 1.807) is 24.1 Å². The van der Waals surface area contributed by atoms with Crippen molar-refractivity contribution in [3.8, 4) is 0 Å². The molecule has 1 amide bonds. The Bertz CT molecular complexity index is 464. The molecule has 1 atom stereocenters. The predicted octanol–water partition coefficient (Wildman–Crippen LogP) is 3.84. The van der Waals surface area contributed by atoms with E-state index in [2.05, 4.69) is 19.6 Å². The largest absolute Gasteiger partial charge is 0.342 e. The Morgan fingerprint density at radius 1 is 1.40 bits per heavy atom. The van der Waals surface area contributed by atoms with Gasteiger partial charge in [-0.25, -0.2) is 4.39 Å². The lowest BCUT2D eigenvalue weighted by Crippen LogP contribution is -2.29. The lowest BCUT2D eigenvalue weighted by Gasteiger charge is -2.19. The molecule has 0 aliphatic heterocycles. The van der Waals surface area contributed by atoms with Crippen LogP contribution in [0.25, 0.3) is 6.08 Å². The van der Waals surface area contributed by atoms with Gasteiger partial charge in [-0.15, -0.1) is 0 Å². The zero-order chi connectivity index (χ0) is 15.0. The van der Waals surface area contributed by atoms with E-state index in [9.17, 15) is 9.18 Å². The Balaban J connectivity index is 2.64. The second kappa shape index (κ2) is 8.31. The van der Waals surface area contributed by atoms with Gasteiger partial charge in [-0.1, -0.05) is 49.9 Å². The summed E-state index contributed by atoms with van der Waals surface area (Å²) in [6.07, 6.45) is 6.39. The number of carbonyl (C=O) groups is 1. The molecule has 0 aliphatic rings. The minimum absolute atomic E-state index is 0.0656. The number of amides is 1. The molecular formula is C17H22FNO. The van der Waals surface area contributed by atoms with Crippen molar-refractivity contribution in [2.45, 2.75) is 20.0 Å². The molecule has 108 valence electrons. The number of likely N-dealkylation sites (N-methyl/N-ethyl adjacent to an activating group) is 1. The number of alkyl halides is 1. The summed E-state index contributed by atoms with van der Waals surface area (Å²) in [5.74, 6) is 0.230. The standard InChI is InChI=1S/C17H22FNO/c1-4-14(13-19(3)17(20)5-2)6-7-15-8-10-16(12-18)11-9-15/h5-11,14H,2,4,12-13H2,1,3H3/b7-6+. The van der Waals surface area contributed by atoms with Gasteiger partial charge in [0.25, 0.3) is 0 Å². The second-order valence-corrected chi connectivity index (χ2v) is 4.83. The number of nitrogens with zero attached hydrogens (tertiary/aromatic N) is 1. The average Bonchev–Trinajstić information content (AvgIpc) is 2.50. The molecule has 0 spiro atoms. The third kappa shape index (κ3) is 5.00. The summed E-state index contributed by atoms with van der Waals surface area (Å²) < 4.78 is 12.4. The molecule has 0 aromatic heterocycles. The molecule has 0 saturated heterocycles. The van der Waals surface area contributed by atoms with Gasteiger partial charge in [0.2, 0.25) is 5.91 Å². The molecular weight excluding hydrogens is 253 g/mol. The molecule has 0 bridgehead atoms. The van der Waals surface area contributed by atoms with E-state index in [0.29, 0.717) is 18.0 Å². The van der Waals surface area contributed by atoms with Crippen molar-refractivity contribution in [1.29, 1.82) is 0 Å². The minimum atomic E-state index is -0.434. The first-order chi connectivity index (χ1) is 9.60. The fourth-order valence-corrected chi connectivity index (χ4v) is 1.89. The molecule has 0 radical (unpaired) electrons. The molecule has 2 nitrogen and oxygen atoms in total. The molecule has 0 saturated carbocycles. The summed E-state index contributed by atoms with van der Waals surface area (Å²) >= 11 is 0.